The Morgan fingerprint density at radius 3 is 2.59 bits per heavy atom. The third-order valence-corrected chi connectivity index (χ3v) is 5.65. The van der Waals surface area contributed by atoms with Gasteiger partial charge in [0.05, 0.1) is 18.0 Å². The molecule has 1 amide bonds. The summed E-state index contributed by atoms with van der Waals surface area (Å²) in [6, 6.07) is 6.87. The van der Waals surface area contributed by atoms with Gasteiger partial charge in [-0.05, 0) is 44.7 Å². The number of amidine groups is 1. The number of alkyl halides is 3. The van der Waals surface area contributed by atoms with Gasteiger partial charge in [-0.25, -0.2) is 0 Å². The van der Waals surface area contributed by atoms with Gasteiger partial charge in [0.15, 0.2) is 0 Å². The second-order valence-electron chi connectivity index (χ2n) is 8.38. The summed E-state index contributed by atoms with van der Waals surface area (Å²) in [6.07, 6.45) is -1.40. The van der Waals surface area contributed by atoms with Crippen LogP contribution in [0.25, 0.3) is 5.57 Å². The van der Waals surface area contributed by atoms with Gasteiger partial charge in [0.2, 0.25) is 5.91 Å². The molecule has 1 aliphatic carbocycles. The maximum absolute atomic E-state index is 13.3. The fourth-order valence-electron chi connectivity index (χ4n) is 3.69. The molecule has 172 valence electrons. The molecule has 1 aliphatic heterocycles. The summed E-state index contributed by atoms with van der Waals surface area (Å²) in [5.74, 6) is 0.329. The highest BCUT2D eigenvalue weighted by atomic mass is 19.4. The number of halogens is 3. The number of likely N-dealkylation sites (N-methyl/N-ethyl adjacent to an activating group) is 2. The first-order valence-electron chi connectivity index (χ1n) is 10.6. The average Bonchev–Trinajstić information content (AvgIpc) is 3.06. The number of aliphatic imine (C=N–C) groups is 1. The summed E-state index contributed by atoms with van der Waals surface area (Å²) >= 11 is 0. The number of nitrogens with one attached hydrogen (secondary N) is 1. The van der Waals surface area contributed by atoms with Gasteiger partial charge in [-0.3, -0.25) is 9.79 Å². The van der Waals surface area contributed by atoms with E-state index < -0.39 is 17.8 Å². The van der Waals surface area contributed by atoms with E-state index in [1.54, 1.807) is 11.9 Å². The highest BCUT2D eigenvalue weighted by molar-refractivity contribution is 6.33. The number of fused-ring (bicyclic) bond motifs is 1. The molecule has 0 bridgehead atoms. The number of carbonyl (C=O) groups excluding carboxylic acids is 1. The second-order valence-corrected chi connectivity index (χ2v) is 8.38. The van der Waals surface area contributed by atoms with Crippen molar-refractivity contribution < 1.29 is 18.0 Å². The van der Waals surface area contributed by atoms with Crippen molar-refractivity contribution in [2.75, 3.05) is 39.5 Å². The van der Waals surface area contributed by atoms with E-state index in [9.17, 15) is 18.0 Å². The largest absolute Gasteiger partial charge is 0.416 e. The minimum absolute atomic E-state index is 0.00426. The Labute approximate surface area is 187 Å². The number of nitrogens with zero attached hydrogens (tertiary/aromatic N) is 3. The van der Waals surface area contributed by atoms with Crippen molar-refractivity contribution in [3.05, 3.63) is 59.7 Å². The molecule has 0 spiro atoms. The SMILES string of the molecule is C=C1C(=NC(CC(=O)N(C)CCN(C)C)C2=CC(C(F)(F)F)=CCC2)Nc2ccccc21. The summed E-state index contributed by atoms with van der Waals surface area (Å²) in [7, 11) is 5.54. The number of hydrogen-bond acceptors (Lipinski definition) is 3. The Morgan fingerprint density at radius 2 is 1.94 bits per heavy atom. The summed E-state index contributed by atoms with van der Waals surface area (Å²) in [4.78, 5) is 21.2. The summed E-state index contributed by atoms with van der Waals surface area (Å²) in [6.45, 7) is 5.31. The Bertz CT molecular complexity index is 976. The van der Waals surface area contributed by atoms with E-state index in [4.69, 9.17) is 4.99 Å². The summed E-state index contributed by atoms with van der Waals surface area (Å²) in [5, 5.41) is 3.19. The van der Waals surface area contributed by atoms with E-state index in [2.05, 4.69) is 11.9 Å². The first kappa shape index (κ1) is 23.8. The Kier molecular flexibility index (Phi) is 7.23. The third-order valence-electron chi connectivity index (χ3n) is 5.65. The normalized spacial score (nSPS) is 18.2. The van der Waals surface area contributed by atoms with Crippen LogP contribution in [0, 0.1) is 0 Å². The van der Waals surface area contributed by atoms with Gasteiger partial charge in [-0.2, -0.15) is 13.2 Å². The molecule has 2 aliphatic rings. The van der Waals surface area contributed by atoms with Gasteiger partial charge >= 0.3 is 6.18 Å². The van der Waals surface area contributed by atoms with Crippen LogP contribution in [0.5, 0.6) is 0 Å². The van der Waals surface area contributed by atoms with Crippen LogP contribution in [-0.2, 0) is 4.79 Å². The molecule has 0 saturated carbocycles. The van der Waals surface area contributed by atoms with Gasteiger partial charge in [-0.1, -0.05) is 30.9 Å². The molecule has 1 aromatic carbocycles. The highest BCUT2D eigenvalue weighted by Crippen LogP contribution is 2.35. The second kappa shape index (κ2) is 9.73. The van der Waals surface area contributed by atoms with E-state index in [0.29, 0.717) is 36.5 Å². The zero-order valence-electron chi connectivity index (χ0n) is 18.7. The van der Waals surface area contributed by atoms with Crippen molar-refractivity contribution in [2.24, 2.45) is 4.99 Å². The smallest absolute Gasteiger partial charge is 0.344 e. The van der Waals surface area contributed by atoms with Crippen LogP contribution in [0.15, 0.2) is 59.1 Å². The number of allylic oxidation sites excluding steroid dienone is 3. The molecule has 1 aromatic rings. The molecule has 1 N–H and O–H groups in total. The molecule has 0 aromatic heterocycles. The monoisotopic (exact) mass is 446 g/mol. The number of hydrogen-bond donors (Lipinski definition) is 1. The van der Waals surface area contributed by atoms with Crippen molar-refractivity contribution in [2.45, 2.75) is 31.5 Å². The predicted octanol–water partition coefficient (Wildman–Crippen LogP) is 4.51. The van der Waals surface area contributed by atoms with E-state index in [1.165, 1.54) is 6.08 Å². The van der Waals surface area contributed by atoms with Gasteiger partial charge < -0.3 is 15.1 Å². The molecular formula is C24H29F3N4O. The Hall–Kier alpha value is -2.87. The van der Waals surface area contributed by atoms with Gasteiger partial charge in [0, 0.05) is 37.0 Å². The van der Waals surface area contributed by atoms with Crippen molar-refractivity contribution in [1.29, 1.82) is 0 Å². The fourth-order valence-corrected chi connectivity index (χ4v) is 3.69. The van der Waals surface area contributed by atoms with E-state index in [-0.39, 0.29) is 18.7 Å². The van der Waals surface area contributed by atoms with Gasteiger partial charge in [-0.15, -0.1) is 0 Å². The molecule has 8 heteroatoms. The van der Waals surface area contributed by atoms with Crippen molar-refractivity contribution in [1.82, 2.24) is 9.80 Å². The van der Waals surface area contributed by atoms with Crippen LogP contribution in [0.1, 0.15) is 24.8 Å². The molecular weight excluding hydrogens is 417 g/mol. The van der Waals surface area contributed by atoms with Crippen LogP contribution in [0.2, 0.25) is 0 Å². The third kappa shape index (κ3) is 5.68. The molecule has 32 heavy (non-hydrogen) atoms. The number of para-hydroxylation sites is 1. The van der Waals surface area contributed by atoms with Crippen LogP contribution in [-0.4, -0.2) is 68.0 Å². The Morgan fingerprint density at radius 1 is 1.22 bits per heavy atom. The summed E-state index contributed by atoms with van der Waals surface area (Å²) < 4.78 is 40.0. The van der Waals surface area contributed by atoms with Crippen LogP contribution < -0.4 is 5.32 Å². The molecule has 5 nitrogen and oxygen atoms in total. The molecule has 1 atom stereocenters. The fraction of sp³-hybridized carbons (Fsp3) is 0.417. The number of amides is 1. The van der Waals surface area contributed by atoms with Crippen molar-refractivity contribution >= 4 is 23.0 Å². The number of anilines is 1. The molecule has 1 unspecified atom stereocenters. The maximum atomic E-state index is 13.3. The van der Waals surface area contributed by atoms with Crippen LogP contribution >= 0.6 is 0 Å². The van der Waals surface area contributed by atoms with Gasteiger partial charge in [0.25, 0.3) is 0 Å². The van der Waals surface area contributed by atoms with Crippen molar-refractivity contribution in [3.8, 4) is 0 Å². The number of benzene rings is 1. The summed E-state index contributed by atoms with van der Waals surface area (Å²) in [5.41, 5.74) is 2.24. The van der Waals surface area contributed by atoms with E-state index in [0.717, 1.165) is 17.3 Å². The lowest BCUT2D eigenvalue weighted by Crippen LogP contribution is -2.35. The molecule has 3 rings (SSSR count). The molecule has 0 saturated heterocycles. The lowest BCUT2D eigenvalue weighted by Gasteiger charge is -2.25. The predicted molar refractivity (Wildman–Crippen MR) is 123 cm³/mol. The quantitative estimate of drug-likeness (QED) is 0.671. The first-order chi connectivity index (χ1) is 15.1. The zero-order valence-corrected chi connectivity index (χ0v) is 18.7. The number of carbonyl (C=O) groups is 1. The lowest BCUT2D eigenvalue weighted by molar-refractivity contribution is -0.130. The lowest BCUT2D eigenvalue weighted by atomic mass is 9.91. The minimum atomic E-state index is -4.43. The average molecular weight is 447 g/mol. The van der Waals surface area contributed by atoms with E-state index in [1.807, 2.05) is 43.3 Å². The minimum Gasteiger partial charge on any atom is -0.344 e. The first-order valence-corrected chi connectivity index (χ1v) is 10.6. The molecule has 0 radical (unpaired) electrons. The van der Waals surface area contributed by atoms with Gasteiger partial charge in [0.1, 0.15) is 5.84 Å². The zero-order chi connectivity index (χ0) is 23.5. The molecule has 0 fully saturated rings. The standard InChI is InChI=1S/C24H29F3N4O/c1-16-19-10-5-6-11-20(19)28-23(16)29-21(15-22(32)31(4)13-12-30(2)3)17-8-7-9-18(14-17)24(25,26)27/h5-6,9-11,14,21H,1,7-8,12-13,15H2,2-4H3,(H,28,29). The Balaban J connectivity index is 1.89. The maximum Gasteiger partial charge on any atom is 0.416 e. The number of rotatable bonds is 7. The van der Waals surface area contributed by atoms with E-state index >= 15 is 0 Å². The van der Waals surface area contributed by atoms with Crippen molar-refractivity contribution in [3.63, 3.8) is 0 Å². The molecule has 1 heterocycles. The topological polar surface area (TPSA) is 47.9 Å². The van der Waals surface area contributed by atoms with Crippen LogP contribution in [0.3, 0.4) is 0 Å². The van der Waals surface area contributed by atoms with Crippen LogP contribution in [0.4, 0.5) is 18.9 Å². The highest BCUT2D eigenvalue weighted by Gasteiger charge is 2.35.